The highest BCUT2D eigenvalue weighted by molar-refractivity contribution is 5.80. The summed E-state index contributed by atoms with van der Waals surface area (Å²) in [4.78, 5) is 10.7. The summed E-state index contributed by atoms with van der Waals surface area (Å²) in [5, 5.41) is 11.4. The van der Waals surface area contributed by atoms with Gasteiger partial charge in [0.15, 0.2) is 0 Å². The van der Waals surface area contributed by atoms with Gasteiger partial charge in [-0.15, -0.1) is 0 Å². The van der Waals surface area contributed by atoms with Crippen molar-refractivity contribution in [1.82, 2.24) is 0 Å². The number of primary amides is 1. The quantitative estimate of drug-likeness (QED) is 0.753. The summed E-state index contributed by atoms with van der Waals surface area (Å²) >= 11 is 0. The van der Waals surface area contributed by atoms with Gasteiger partial charge in [-0.3, -0.25) is 4.79 Å². The number of benzene rings is 1. The number of alkyl halides is 3. The molecule has 0 bridgehead atoms. The Hall–Kier alpha value is -2.27. The average Bonchev–Trinajstić information content (AvgIpc) is 2.34. The minimum atomic E-state index is -4.52. The molecule has 5 nitrogen and oxygen atoms in total. The number of nitrogens with zero attached hydrogens (tertiary/aromatic N) is 1. The van der Waals surface area contributed by atoms with Crippen LogP contribution in [0.15, 0.2) is 18.2 Å². The van der Waals surface area contributed by atoms with Crippen LogP contribution in [0.1, 0.15) is 11.1 Å². The van der Waals surface area contributed by atoms with Crippen LogP contribution in [0.4, 0.5) is 18.9 Å². The molecule has 1 aromatic carbocycles. The second-order valence-corrected chi connectivity index (χ2v) is 3.76. The van der Waals surface area contributed by atoms with Gasteiger partial charge in [0, 0.05) is 6.54 Å². The first kappa shape index (κ1) is 14.8. The number of amides is 1. The predicted octanol–water partition coefficient (Wildman–Crippen LogP) is 0.802. The van der Waals surface area contributed by atoms with Crippen LogP contribution < -0.4 is 16.8 Å². The lowest BCUT2D eigenvalue weighted by Crippen LogP contribution is -2.41. The molecule has 8 heteroatoms. The summed E-state index contributed by atoms with van der Waals surface area (Å²) in [6.45, 7) is -0.0740. The zero-order chi connectivity index (χ0) is 14.6. The fraction of sp³-hybridized carbons (Fsp3) is 0.273. The van der Waals surface area contributed by atoms with Gasteiger partial charge in [0.1, 0.15) is 12.1 Å². The first-order valence-electron chi connectivity index (χ1n) is 5.16. The van der Waals surface area contributed by atoms with Crippen LogP contribution in [-0.4, -0.2) is 18.5 Å². The Morgan fingerprint density at radius 1 is 1.47 bits per heavy atom. The van der Waals surface area contributed by atoms with E-state index in [-0.39, 0.29) is 17.8 Å². The van der Waals surface area contributed by atoms with Gasteiger partial charge in [-0.05, 0) is 18.2 Å². The maximum absolute atomic E-state index is 12.4. The van der Waals surface area contributed by atoms with Crippen molar-refractivity contribution in [1.29, 1.82) is 5.26 Å². The molecule has 0 saturated heterocycles. The Balaban J connectivity index is 2.92. The molecular weight excluding hydrogens is 261 g/mol. The predicted molar refractivity (Wildman–Crippen MR) is 61.8 cm³/mol. The zero-order valence-corrected chi connectivity index (χ0v) is 9.66. The summed E-state index contributed by atoms with van der Waals surface area (Å²) in [7, 11) is 0. The van der Waals surface area contributed by atoms with Crippen molar-refractivity contribution < 1.29 is 18.0 Å². The summed E-state index contributed by atoms with van der Waals surface area (Å²) in [6.07, 6.45) is -4.52. The van der Waals surface area contributed by atoms with Crippen LogP contribution in [0.3, 0.4) is 0 Å². The molecule has 0 fully saturated rings. The van der Waals surface area contributed by atoms with Gasteiger partial charge in [0.25, 0.3) is 0 Å². The molecule has 1 unspecified atom stereocenters. The van der Waals surface area contributed by atoms with Gasteiger partial charge < -0.3 is 16.8 Å². The van der Waals surface area contributed by atoms with Crippen LogP contribution in [0.25, 0.3) is 0 Å². The van der Waals surface area contributed by atoms with E-state index >= 15 is 0 Å². The highest BCUT2D eigenvalue weighted by Gasteiger charge is 2.31. The molecule has 1 amide bonds. The Bertz CT molecular complexity index is 522. The van der Waals surface area contributed by atoms with Gasteiger partial charge in [-0.2, -0.15) is 18.4 Å². The highest BCUT2D eigenvalue weighted by atomic mass is 19.4. The molecule has 0 aliphatic rings. The average molecular weight is 272 g/mol. The number of halogens is 3. The molecule has 1 atom stereocenters. The van der Waals surface area contributed by atoms with Crippen molar-refractivity contribution in [3.63, 3.8) is 0 Å². The summed E-state index contributed by atoms with van der Waals surface area (Å²) < 4.78 is 37.3. The van der Waals surface area contributed by atoms with Gasteiger partial charge in [-0.1, -0.05) is 0 Å². The largest absolute Gasteiger partial charge is 0.416 e. The van der Waals surface area contributed by atoms with Crippen molar-refractivity contribution in [2.45, 2.75) is 12.2 Å². The maximum Gasteiger partial charge on any atom is 0.416 e. The first-order valence-corrected chi connectivity index (χ1v) is 5.16. The fourth-order valence-corrected chi connectivity index (χ4v) is 1.29. The van der Waals surface area contributed by atoms with Gasteiger partial charge in [-0.25, -0.2) is 0 Å². The molecule has 0 aliphatic heterocycles. The Labute approximate surface area is 107 Å². The van der Waals surface area contributed by atoms with E-state index in [9.17, 15) is 18.0 Å². The van der Waals surface area contributed by atoms with Crippen molar-refractivity contribution in [3.8, 4) is 6.07 Å². The number of carbonyl (C=O) groups excluding carboxylic acids is 1. The lowest BCUT2D eigenvalue weighted by atomic mass is 10.1. The lowest BCUT2D eigenvalue weighted by molar-refractivity contribution is -0.137. The van der Waals surface area contributed by atoms with Gasteiger partial charge >= 0.3 is 6.18 Å². The van der Waals surface area contributed by atoms with Crippen LogP contribution in [0.5, 0.6) is 0 Å². The molecule has 0 radical (unpaired) electrons. The third-order valence-corrected chi connectivity index (χ3v) is 2.35. The second-order valence-electron chi connectivity index (χ2n) is 3.76. The van der Waals surface area contributed by atoms with E-state index in [0.29, 0.717) is 0 Å². The normalized spacial score (nSPS) is 12.6. The number of anilines is 1. The standard InChI is InChI=1S/C11H11F3N4O/c12-11(13,14)7-1-2-9(6(3-7)4-15)18-5-8(16)10(17)19/h1-3,8,18H,5,16H2,(H2,17,19). The number of nitrogens with one attached hydrogen (secondary N) is 1. The van der Waals surface area contributed by atoms with Crippen LogP contribution in [-0.2, 0) is 11.0 Å². The van der Waals surface area contributed by atoms with Crippen LogP contribution in [0, 0.1) is 11.3 Å². The van der Waals surface area contributed by atoms with Crippen molar-refractivity contribution >= 4 is 11.6 Å². The Morgan fingerprint density at radius 3 is 2.58 bits per heavy atom. The van der Waals surface area contributed by atoms with E-state index in [1.54, 1.807) is 6.07 Å². The Kier molecular flexibility index (Phi) is 4.34. The number of hydrogen-bond acceptors (Lipinski definition) is 4. The monoisotopic (exact) mass is 272 g/mol. The molecule has 102 valence electrons. The molecular formula is C11H11F3N4O. The second kappa shape index (κ2) is 5.58. The summed E-state index contributed by atoms with van der Waals surface area (Å²) in [5.74, 6) is -0.752. The molecule has 1 aromatic rings. The van der Waals surface area contributed by atoms with Gasteiger partial charge in [0.05, 0.1) is 16.8 Å². The number of nitriles is 1. The maximum atomic E-state index is 12.4. The van der Waals surface area contributed by atoms with Crippen LogP contribution >= 0.6 is 0 Å². The molecule has 0 saturated carbocycles. The molecule has 0 aromatic heterocycles. The molecule has 0 heterocycles. The molecule has 0 aliphatic carbocycles. The van der Waals surface area contributed by atoms with E-state index < -0.39 is 23.7 Å². The minimum absolute atomic E-state index is 0.0740. The molecule has 0 spiro atoms. The van der Waals surface area contributed by atoms with E-state index in [0.717, 1.165) is 18.2 Å². The summed E-state index contributed by atoms with van der Waals surface area (Å²) in [6, 6.07) is 3.31. The van der Waals surface area contributed by atoms with Crippen LogP contribution in [0.2, 0.25) is 0 Å². The number of rotatable bonds is 4. The molecule has 5 N–H and O–H groups in total. The van der Waals surface area contributed by atoms with E-state index in [1.165, 1.54) is 0 Å². The number of carbonyl (C=O) groups is 1. The van der Waals surface area contributed by atoms with Gasteiger partial charge in [0.2, 0.25) is 5.91 Å². The van der Waals surface area contributed by atoms with E-state index in [2.05, 4.69) is 5.32 Å². The highest BCUT2D eigenvalue weighted by Crippen LogP contribution is 2.31. The zero-order valence-electron chi connectivity index (χ0n) is 9.66. The van der Waals surface area contributed by atoms with Crippen molar-refractivity contribution in [2.75, 3.05) is 11.9 Å². The third-order valence-electron chi connectivity index (χ3n) is 2.35. The first-order chi connectivity index (χ1) is 8.75. The lowest BCUT2D eigenvalue weighted by Gasteiger charge is -2.13. The molecule has 1 rings (SSSR count). The molecule has 19 heavy (non-hydrogen) atoms. The Morgan fingerprint density at radius 2 is 2.11 bits per heavy atom. The fourth-order valence-electron chi connectivity index (χ4n) is 1.29. The van der Waals surface area contributed by atoms with Crippen molar-refractivity contribution in [3.05, 3.63) is 29.3 Å². The smallest absolute Gasteiger partial charge is 0.382 e. The van der Waals surface area contributed by atoms with E-state index in [1.807, 2.05) is 0 Å². The number of hydrogen-bond donors (Lipinski definition) is 3. The minimum Gasteiger partial charge on any atom is -0.382 e. The van der Waals surface area contributed by atoms with E-state index in [4.69, 9.17) is 16.7 Å². The summed E-state index contributed by atoms with van der Waals surface area (Å²) in [5.41, 5.74) is 9.34. The van der Waals surface area contributed by atoms with Crippen molar-refractivity contribution in [2.24, 2.45) is 11.5 Å². The SMILES string of the molecule is N#Cc1cc(C(F)(F)F)ccc1NCC(N)C(N)=O. The topological polar surface area (TPSA) is 105 Å². The number of nitrogens with two attached hydrogens (primary N) is 2. The third kappa shape index (κ3) is 3.86.